The van der Waals surface area contributed by atoms with Crippen molar-refractivity contribution in [3.05, 3.63) is 51.9 Å². The second-order valence-corrected chi connectivity index (χ2v) is 10.7. The fraction of sp³-hybridized carbons (Fsp3) is 0.481. The second kappa shape index (κ2) is 11.0. The van der Waals surface area contributed by atoms with Crippen LogP contribution in [0.3, 0.4) is 0 Å². The van der Waals surface area contributed by atoms with E-state index in [1.54, 1.807) is 6.08 Å². The summed E-state index contributed by atoms with van der Waals surface area (Å²) in [5.41, 5.74) is 2.65. The molecule has 1 aromatic heterocycles. The summed E-state index contributed by atoms with van der Waals surface area (Å²) < 4.78 is 10.7. The molecule has 0 saturated heterocycles. The van der Waals surface area contributed by atoms with E-state index in [9.17, 15) is 9.59 Å². The van der Waals surface area contributed by atoms with Crippen LogP contribution in [0.15, 0.2) is 30.3 Å². The lowest BCUT2D eigenvalue weighted by atomic mass is 9.72. The quantitative estimate of drug-likeness (QED) is 0.272. The lowest BCUT2D eigenvalue weighted by Crippen LogP contribution is -2.26. The van der Waals surface area contributed by atoms with Crippen molar-refractivity contribution in [2.24, 2.45) is 11.3 Å². The van der Waals surface area contributed by atoms with Gasteiger partial charge in [0, 0.05) is 11.0 Å². The predicted molar refractivity (Wildman–Crippen MR) is 135 cm³/mol. The van der Waals surface area contributed by atoms with Crippen molar-refractivity contribution in [3.8, 4) is 5.75 Å². The van der Waals surface area contributed by atoms with Crippen LogP contribution in [-0.2, 0) is 22.4 Å². The maximum absolute atomic E-state index is 12.7. The minimum Gasteiger partial charge on any atom is -0.494 e. The van der Waals surface area contributed by atoms with E-state index in [1.165, 1.54) is 29.4 Å². The highest BCUT2D eigenvalue weighted by atomic mass is 32.1. The van der Waals surface area contributed by atoms with Crippen molar-refractivity contribution >= 4 is 34.3 Å². The molecule has 1 aliphatic carbocycles. The van der Waals surface area contributed by atoms with Crippen LogP contribution in [0.5, 0.6) is 5.75 Å². The van der Waals surface area contributed by atoms with Gasteiger partial charge in [0.25, 0.3) is 0 Å². The van der Waals surface area contributed by atoms with Crippen LogP contribution in [0, 0.1) is 11.3 Å². The minimum absolute atomic E-state index is 0.204. The van der Waals surface area contributed by atoms with Crippen LogP contribution >= 0.6 is 11.3 Å². The van der Waals surface area contributed by atoms with Crippen LogP contribution < -0.4 is 10.1 Å². The topological polar surface area (TPSA) is 64.6 Å². The summed E-state index contributed by atoms with van der Waals surface area (Å²) in [6, 6.07) is 7.64. The van der Waals surface area contributed by atoms with Crippen molar-refractivity contribution in [1.82, 2.24) is 0 Å². The lowest BCUT2D eigenvalue weighted by Gasteiger charge is -2.33. The minimum atomic E-state index is -0.389. The Bertz CT molecular complexity index is 998. The number of ether oxygens (including phenoxy) is 2. The first-order valence-electron chi connectivity index (χ1n) is 11.7. The number of amides is 1. The molecular formula is C27H35NO4S. The summed E-state index contributed by atoms with van der Waals surface area (Å²) in [6.45, 7) is 9.61. The number of carbonyl (C=O) groups is 2. The summed E-state index contributed by atoms with van der Waals surface area (Å²) in [6.07, 6.45) is 8.15. The Balaban J connectivity index is 1.71. The number of unbranched alkanes of at least 4 members (excludes halogenated alkanes) is 1. The van der Waals surface area contributed by atoms with Gasteiger partial charge in [0.05, 0.1) is 19.3 Å². The number of hydrogen-bond donors (Lipinski definition) is 1. The Hall–Kier alpha value is -2.60. The number of benzene rings is 1. The molecule has 0 saturated carbocycles. The molecule has 1 atom stereocenters. The van der Waals surface area contributed by atoms with Crippen molar-refractivity contribution in [3.63, 3.8) is 0 Å². The summed E-state index contributed by atoms with van der Waals surface area (Å²) in [7, 11) is 1.38. The van der Waals surface area contributed by atoms with Gasteiger partial charge in [0.2, 0.25) is 5.91 Å². The monoisotopic (exact) mass is 469 g/mol. The van der Waals surface area contributed by atoms with Crippen molar-refractivity contribution < 1.29 is 19.1 Å². The van der Waals surface area contributed by atoms with Crippen LogP contribution in [0.25, 0.3) is 6.08 Å². The first kappa shape index (κ1) is 25.0. The van der Waals surface area contributed by atoms with Gasteiger partial charge in [-0.1, -0.05) is 46.2 Å². The predicted octanol–water partition coefficient (Wildman–Crippen LogP) is 6.52. The number of carbonyl (C=O) groups excluding carboxylic acids is 2. The Labute approximate surface area is 201 Å². The lowest BCUT2D eigenvalue weighted by molar-refractivity contribution is -0.111. The fourth-order valence-electron chi connectivity index (χ4n) is 4.07. The molecule has 1 unspecified atom stereocenters. The van der Waals surface area contributed by atoms with Gasteiger partial charge in [-0.15, -0.1) is 11.3 Å². The van der Waals surface area contributed by atoms with Gasteiger partial charge in [0.15, 0.2) is 0 Å². The van der Waals surface area contributed by atoms with Crippen LogP contribution in [0.4, 0.5) is 5.00 Å². The molecule has 2 aromatic rings. The molecule has 0 bridgehead atoms. The number of rotatable bonds is 8. The molecule has 1 aliphatic rings. The first-order chi connectivity index (χ1) is 15.7. The maximum Gasteiger partial charge on any atom is 0.341 e. The number of hydrogen-bond acceptors (Lipinski definition) is 5. The van der Waals surface area contributed by atoms with Crippen molar-refractivity contribution in [1.29, 1.82) is 0 Å². The molecule has 1 amide bonds. The Kier molecular flexibility index (Phi) is 8.35. The van der Waals surface area contributed by atoms with Crippen molar-refractivity contribution in [2.45, 2.75) is 59.8 Å². The van der Waals surface area contributed by atoms with Gasteiger partial charge in [-0.3, -0.25) is 4.79 Å². The Morgan fingerprint density at radius 1 is 1.21 bits per heavy atom. The third-order valence-corrected chi connectivity index (χ3v) is 7.36. The standard InChI is InChI=1S/C27H35NO4S/c1-6-7-16-32-20-12-8-18(9-13-20)10-15-23(29)28-25-24(26(30)31-5)21-14-11-19(27(2,3)4)17-22(21)33-25/h8-10,12-13,15,19H,6-7,11,14,16-17H2,1-5H3,(H,28,29)/b15-10+. The Morgan fingerprint density at radius 3 is 2.58 bits per heavy atom. The van der Waals surface area contributed by atoms with E-state index in [1.807, 2.05) is 24.3 Å². The number of methoxy groups -OCH3 is 1. The molecular weight excluding hydrogens is 434 g/mol. The van der Waals surface area contributed by atoms with E-state index < -0.39 is 0 Å². The molecule has 1 aromatic carbocycles. The molecule has 33 heavy (non-hydrogen) atoms. The zero-order valence-corrected chi connectivity index (χ0v) is 21.1. The van der Waals surface area contributed by atoms with E-state index in [0.29, 0.717) is 23.1 Å². The first-order valence-corrected chi connectivity index (χ1v) is 12.5. The number of fused-ring (bicyclic) bond motifs is 1. The largest absolute Gasteiger partial charge is 0.494 e. The second-order valence-electron chi connectivity index (χ2n) is 9.60. The SMILES string of the molecule is CCCCOc1ccc(/C=C/C(=O)Nc2sc3c(c2C(=O)OC)CCC(C(C)(C)C)C3)cc1. The zero-order chi connectivity index (χ0) is 24.0. The maximum atomic E-state index is 12.7. The number of nitrogens with one attached hydrogen (secondary N) is 1. The molecule has 178 valence electrons. The van der Waals surface area contributed by atoms with E-state index >= 15 is 0 Å². The molecule has 0 fully saturated rings. The molecule has 1 N–H and O–H groups in total. The van der Waals surface area contributed by atoms with Crippen LogP contribution in [-0.4, -0.2) is 25.6 Å². The third kappa shape index (κ3) is 6.47. The van der Waals surface area contributed by atoms with E-state index in [4.69, 9.17) is 9.47 Å². The average molecular weight is 470 g/mol. The van der Waals surface area contributed by atoms with Gasteiger partial charge in [-0.2, -0.15) is 0 Å². The van der Waals surface area contributed by atoms with Gasteiger partial charge < -0.3 is 14.8 Å². The fourth-order valence-corrected chi connectivity index (χ4v) is 5.38. The highest BCUT2D eigenvalue weighted by molar-refractivity contribution is 7.17. The van der Waals surface area contributed by atoms with E-state index in [2.05, 4.69) is 33.0 Å². The molecule has 0 spiro atoms. The van der Waals surface area contributed by atoms with Gasteiger partial charge in [-0.05, 0) is 66.4 Å². The van der Waals surface area contributed by atoms with E-state index in [0.717, 1.165) is 49.0 Å². The smallest absolute Gasteiger partial charge is 0.341 e. The van der Waals surface area contributed by atoms with E-state index in [-0.39, 0.29) is 17.3 Å². The molecule has 3 rings (SSSR count). The number of esters is 1. The van der Waals surface area contributed by atoms with Gasteiger partial charge in [-0.25, -0.2) is 4.79 Å². The van der Waals surface area contributed by atoms with Gasteiger partial charge >= 0.3 is 5.97 Å². The van der Waals surface area contributed by atoms with Crippen LogP contribution in [0.1, 0.15) is 73.3 Å². The zero-order valence-electron chi connectivity index (χ0n) is 20.3. The Morgan fingerprint density at radius 2 is 1.94 bits per heavy atom. The molecule has 6 heteroatoms. The number of anilines is 1. The van der Waals surface area contributed by atoms with Crippen LogP contribution in [0.2, 0.25) is 0 Å². The molecule has 1 heterocycles. The van der Waals surface area contributed by atoms with Crippen molar-refractivity contribution in [2.75, 3.05) is 19.0 Å². The third-order valence-electron chi connectivity index (χ3n) is 6.19. The summed E-state index contributed by atoms with van der Waals surface area (Å²) in [5, 5.41) is 3.50. The normalized spacial score (nSPS) is 15.8. The summed E-state index contributed by atoms with van der Waals surface area (Å²) >= 11 is 1.50. The highest BCUT2D eigenvalue weighted by Gasteiger charge is 2.34. The van der Waals surface area contributed by atoms with Gasteiger partial charge in [0.1, 0.15) is 10.8 Å². The average Bonchev–Trinajstić information content (AvgIpc) is 3.14. The molecule has 0 aliphatic heterocycles. The summed E-state index contributed by atoms with van der Waals surface area (Å²) in [5.74, 6) is 0.714. The number of thiophene rings is 1. The molecule has 0 radical (unpaired) electrons. The summed E-state index contributed by atoms with van der Waals surface area (Å²) in [4.78, 5) is 26.4. The molecule has 5 nitrogen and oxygen atoms in total. The highest BCUT2D eigenvalue weighted by Crippen LogP contribution is 2.44.